The van der Waals surface area contributed by atoms with E-state index in [1.165, 1.54) is 12.8 Å². The van der Waals surface area contributed by atoms with Gasteiger partial charge in [-0.25, -0.2) is 0 Å². The molecule has 1 aromatic heterocycles. The van der Waals surface area contributed by atoms with Crippen LogP contribution in [0.4, 0.5) is 0 Å². The van der Waals surface area contributed by atoms with Gasteiger partial charge in [0.05, 0.1) is 13.1 Å². The van der Waals surface area contributed by atoms with E-state index in [4.69, 9.17) is 10.2 Å². The molecule has 0 unspecified atom stereocenters. The van der Waals surface area contributed by atoms with Gasteiger partial charge in [-0.1, -0.05) is 20.3 Å². The zero-order chi connectivity index (χ0) is 11.1. The normalized spacial score (nSPS) is 11.2. The zero-order valence-corrected chi connectivity index (χ0v) is 9.83. The summed E-state index contributed by atoms with van der Waals surface area (Å²) in [4.78, 5) is 2.39. The number of nitrogens with zero attached hydrogens (tertiary/aromatic N) is 1. The van der Waals surface area contributed by atoms with Gasteiger partial charge in [0.1, 0.15) is 11.5 Å². The largest absolute Gasteiger partial charge is 0.463 e. The first kappa shape index (κ1) is 12.3. The van der Waals surface area contributed by atoms with Crippen LogP contribution >= 0.6 is 0 Å². The van der Waals surface area contributed by atoms with Gasteiger partial charge in [0.25, 0.3) is 0 Å². The van der Waals surface area contributed by atoms with Crippen LogP contribution in [0, 0.1) is 0 Å². The van der Waals surface area contributed by atoms with Crippen molar-refractivity contribution >= 4 is 0 Å². The molecule has 0 aromatic carbocycles. The fraction of sp³-hybridized carbons (Fsp3) is 0.667. The molecule has 1 rings (SSSR count). The van der Waals surface area contributed by atoms with Gasteiger partial charge in [0, 0.05) is 0 Å². The molecular formula is C12H22N2O. The maximum absolute atomic E-state index is 5.58. The Balaban J connectivity index is 2.43. The average Bonchev–Trinajstić information content (AvgIpc) is 2.71. The molecule has 15 heavy (non-hydrogen) atoms. The number of furan rings is 1. The standard InChI is InChI=1S/C12H22N2O/c1-3-5-8-14(4-2)10-12-7-6-11(9-13)15-12/h6-7H,3-5,8-10,13H2,1-2H3. The predicted octanol–water partition coefficient (Wildman–Crippen LogP) is 2.36. The van der Waals surface area contributed by atoms with Crippen LogP contribution in [0.1, 0.15) is 38.2 Å². The average molecular weight is 210 g/mol. The Labute approximate surface area is 92.2 Å². The van der Waals surface area contributed by atoms with E-state index in [1.54, 1.807) is 0 Å². The second kappa shape index (κ2) is 6.64. The maximum Gasteiger partial charge on any atom is 0.118 e. The van der Waals surface area contributed by atoms with Crippen LogP contribution in [0.2, 0.25) is 0 Å². The highest BCUT2D eigenvalue weighted by Gasteiger charge is 2.06. The lowest BCUT2D eigenvalue weighted by Crippen LogP contribution is -2.23. The van der Waals surface area contributed by atoms with Crippen LogP contribution in [0.5, 0.6) is 0 Å². The fourth-order valence-electron chi connectivity index (χ4n) is 1.57. The number of hydrogen-bond donors (Lipinski definition) is 1. The third-order valence-electron chi connectivity index (χ3n) is 2.57. The van der Waals surface area contributed by atoms with Crippen LogP contribution in [-0.4, -0.2) is 18.0 Å². The molecule has 0 saturated carbocycles. The van der Waals surface area contributed by atoms with Gasteiger partial charge < -0.3 is 10.2 Å². The number of rotatable bonds is 7. The molecule has 0 fully saturated rings. The van der Waals surface area contributed by atoms with Crippen molar-refractivity contribution in [2.24, 2.45) is 5.73 Å². The molecule has 86 valence electrons. The lowest BCUT2D eigenvalue weighted by molar-refractivity contribution is 0.249. The summed E-state index contributed by atoms with van der Waals surface area (Å²) in [6.07, 6.45) is 2.49. The van der Waals surface area contributed by atoms with Gasteiger partial charge in [-0.05, 0) is 31.6 Å². The molecular weight excluding hydrogens is 188 g/mol. The smallest absolute Gasteiger partial charge is 0.118 e. The SMILES string of the molecule is CCCCN(CC)Cc1ccc(CN)o1. The van der Waals surface area contributed by atoms with Crippen molar-refractivity contribution in [1.82, 2.24) is 4.90 Å². The summed E-state index contributed by atoms with van der Waals surface area (Å²) in [6.45, 7) is 8.00. The Bertz CT molecular complexity index is 270. The first-order valence-electron chi connectivity index (χ1n) is 5.80. The van der Waals surface area contributed by atoms with Crippen molar-refractivity contribution in [2.75, 3.05) is 13.1 Å². The van der Waals surface area contributed by atoms with Crippen LogP contribution < -0.4 is 5.73 Å². The molecule has 0 atom stereocenters. The topological polar surface area (TPSA) is 42.4 Å². The van der Waals surface area contributed by atoms with Crippen molar-refractivity contribution in [3.8, 4) is 0 Å². The summed E-state index contributed by atoms with van der Waals surface area (Å²) in [5, 5.41) is 0. The molecule has 2 N–H and O–H groups in total. The molecule has 0 radical (unpaired) electrons. The lowest BCUT2D eigenvalue weighted by Gasteiger charge is -2.18. The Morgan fingerprint density at radius 2 is 2.00 bits per heavy atom. The van der Waals surface area contributed by atoms with Crippen molar-refractivity contribution < 1.29 is 4.42 Å². The van der Waals surface area contributed by atoms with Gasteiger partial charge in [0.2, 0.25) is 0 Å². The minimum absolute atomic E-state index is 0.487. The van der Waals surface area contributed by atoms with E-state index in [0.717, 1.165) is 31.2 Å². The highest BCUT2D eigenvalue weighted by atomic mass is 16.3. The van der Waals surface area contributed by atoms with E-state index in [2.05, 4.69) is 18.7 Å². The maximum atomic E-state index is 5.58. The first-order valence-corrected chi connectivity index (χ1v) is 5.80. The molecule has 1 aromatic rings. The Kier molecular flexibility index (Phi) is 5.43. The first-order chi connectivity index (χ1) is 7.30. The predicted molar refractivity (Wildman–Crippen MR) is 62.5 cm³/mol. The quantitative estimate of drug-likeness (QED) is 0.751. The summed E-state index contributed by atoms with van der Waals surface area (Å²) >= 11 is 0. The molecule has 0 amide bonds. The van der Waals surface area contributed by atoms with Gasteiger partial charge >= 0.3 is 0 Å². The van der Waals surface area contributed by atoms with Crippen molar-refractivity contribution in [3.05, 3.63) is 23.7 Å². The molecule has 3 nitrogen and oxygen atoms in total. The highest BCUT2D eigenvalue weighted by Crippen LogP contribution is 2.10. The third kappa shape index (κ3) is 4.06. The molecule has 0 spiro atoms. The number of nitrogens with two attached hydrogens (primary N) is 1. The van der Waals surface area contributed by atoms with E-state index < -0.39 is 0 Å². The lowest BCUT2D eigenvalue weighted by atomic mass is 10.3. The van der Waals surface area contributed by atoms with Gasteiger partial charge in [-0.15, -0.1) is 0 Å². The van der Waals surface area contributed by atoms with Gasteiger partial charge in [-0.2, -0.15) is 0 Å². The second-order valence-electron chi connectivity index (χ2n) is 3.79. The minimum Gasteiger partial charge on any atom is -0.463 e. The van der Waals surface area contributed by atoms with E-state index in [9.17, 15) is 0 Å². The Morgan fingerprint density at radius 1 is 1.27 bits per heavy atom. The van der Waals surface area contributed by atoms with Gasteiger partial charge in [-0.3, -0.25) is 4.90 Å². The van der Waals surface area contributed by atoms with E-state index >= 15 is 0 Å². The molecule has 0 aliphatic heterocycles. The minimum atomic E-state index is 0.487. The van der Waals surface area contributed by atoms with Crippen LogP contribution in [0.15, 0.2) is 16.5 Å². The molecule has 1 heterocycles. The van der Waals surface area contributed by atoms with E-state index in [1.807, 2.05) is 12.1 Å². The van der Waals surface area contributed by atoms with Crippen molar-refractivity contribution in [3.63, 3.8) is 0 Å². The Morgan fingerprint density at radius 3 is 2.53 bits per heavy atom. The molecule has 0 aliphatic rings. The fourth-order valence-corrected chi connectivity index (χ4v) is 1.57. The van der Waals surface area contributed by atoms with Gasteiger partial charge in [0.15, 0.2) is 0 Å². The summed E-state index contributed by atoms with van der Waals surface area (Å²) in [5.74, 6) is 1.89. The second-order valence-corrected chi connectivity index (χ2v) is 3.79. The molecule has 0 saturated heterocycles. The number of unbranched alkanes of at least 4 members (excludes halogenated alkanes) is 1. The Hall–Kier alpha value is -0.800. The third-order valence-corrected chi connectivity index (χ3v) is 2.57. The van der Waals surface area contributed by atoms with Crippen LogP contribution in [0.3, 0.4) is 0 Å². The van der Waals surface area contributed by atoms with E-state index in [0.29, 0.717) is 6.54 Å². The number of hydrogen-bond acceptors (Lipinski definition) is 3. The zero-order valence-electron chi connectivity index (χ0n) is 9.83. The summed E-state index contributed by atoms with van der Waals surface area (Å²) in [6, 6.07) is 3.99. The van der Waals surface area contributed by atoms with Crippen molar-refractivity contribution in [2.45, 2.75) is 39.8 Å². The van der Waals surface area contributed by atoms with Crippen LogP contribution in [-0.2, 0) is 13.1 Å². The highest BCUT2D eigenvalue weighted by molar-refractivity contribution is 5.06. The summed E-state index contributed by atoms with van der Waals surface area (Å²) in [7, 11) is 0. The molecule has 0 bridgehead atoms. The molecule has 3 heteroatoms. The summed E-state index contributed by atoms with van der Waals surface area (Å²) in [5.41, 5.74) is 5.50. The van der Waals surface area contributed by atoms with E-state index in [-0.39, 0.29) is 0 Å². The summed E-state index contributed by atoms with van der Waals surface area (Å²) < 4.78 is 5.58. The monoisotopic (exact) mass is 210 g/mol. The van der Waals surface area contributed by atoms with Crippen molar-refractivity contribution in [1.29, 1.82) is 0 Å². The van der Waals surface area contributed by atoms with Crippen LogP contribution in [0.25, 0.3) is 0 Å². The molecule has 0 aliphatic carbocycles.